The van der Waals surface area contributed by atoms with E-state index in [9.17, 15) is 5.11 Å². The van der Waals surface area contributed by atoms with Gasteiger partial charge >= 0.3 is 0 Å². The molecule has 0 fully saturated rings. The van der Waals surface area contributed by atoms with E-state index in [1.54, 1.807) is 18.2 Å². The van der Waals surface area contributed by atoms with Crippen molar-refractivity contribution in [2.24, 2.45) is 5.92 Å². The lowest BCUT2D eigenvalue weighted by molar-refractivity contribution is -0.0585. The van der Waals surface area contributed by atoms with Gasteiger partial charge in [-0.05, 0) is 18.9 Å². The van der Waals surface area contributed by atoms with E-state index < -0.39 is 6.10 Å². The van der Waals surface area contributed by atoms with Gasteiger partial charge in [-0.2, -0.15) is 0 Å². The minimum atomic E-state index is -0.763. The number of hydrogen-bond donors (Lipinski definition) is 1. The molecule has 0 amide bonds. The van der Waals surface area contributed by atoms with Crippen LogP contribution in [-0.4, -0.2) is 17.8 Å². The molecule has 0 saturated heterocycles. The Morgan fingerprint density at radius 2 is 1.94 bits per heavy atom. The Balaban J connectivity index is 3.00. The number of aliphatic hydroxyl groups excluding tert-OH is 1. The van der Waals surface area contributed by atoms with Crippen molar-refractivity contribution in [1.29, 1.82) is 0 Å². The molecule has 0 spiro atoms. The van der Waals surface area contributed by atoms with Crippen LogP contribution in [0.1, 0.15) is 32.4 Å². The number of hydrogen-bond acceptors (Lipinski definition) is 2. The van der Waals surface area contributed by atoms with E-state index in [2.05, 4.69) is 0 Å². The Bertz CT molecular complexity index is 366. The standard InChI is InChI=1S/C13H18Cl2O2/c1-4-17-13(8(2)3)12(16)9-6-5-7-10(14)11(9)15/h5-8,12-13,16H,4H2,1-3H3. The van der Waals surface area contributed by atoms with E-state index in [0.29, 0.717) is 22.2 Å². The Morgan fingerprint density at radius 3 is 2.47 bits per heavy atom. The Morgan fingerprint density at radius 1 is 1.29 bits per heavy atom. The third kappa shape index (κ3) is 3.59. The summed E-state index contributed by atoms with van der Waals surface area (Å²) in [7, 11) is 0. The molecule has 96 valence electrons. The molecule has 0 aliphatic rings. The van der Waals surface area contributed by atoms with Gasteiger partial charge in [-0.25, -0.2) is 0 Å². The molecule has 1 aromatic carbocycles. The fourth-order valence-electron chi connectivity index (χ4n) is 1.77. The van der Waals surface area contributed by atoms with E-state index in [1.165, 1.54) is 0 Å². The summed E-state index contributed by atoms with van der Waals surface area (Å²) in [4.78, 5) is 0. The van der Waals surface area contributed by atoms with Crippen LogP contribution in [0.15, 0.2) is 18.2 Å². The highest BCUT2D eigenvalue weighted by molar-refractivity contribution is 6.42. The van der Waals surface area contributed by atoms with Crippen molar-refractivity contribution in [2.45, 2.75) is 33.0 Å². The van der Waals surface area contributed by atoms with E-state index in [0.717, 1.165) is 0 Å². The first-order chi connectivity index (χ1) is 7.99. The molecule has 0 bridgehead atoms. The maximum atomic E-state index is 10.3. The summed E-state index contributed by atoms with van der Waals surface area (Å²) in [5, 5.41) is 11.2. The summed E-state index contributed by atoms with van der Waals surface area (Å²) in [6, 6.07) is 5.24. The van der Waals surface area contributed by atoms with Crippen LogP contribution >= 0.6 is 23.2 Å². The third-order valence-electron chi connectivity index (χ3n) is 2.63. The van der Waals surface area contributed by atoms with Gasteiger partial charge in [-0.3, -0.25) is 0 Å². The van der Waals surface area contributed by atoms with Gasteiger partial charge in [0.1, 0.15) is 6.10 Å². The summed E-state index contributed by atoms with van der Waals surface area (Å²) in [5.41, 5.74) is 0.617. The average molecular weight is 277 g/mol. The molecule has 1 N–H and O–H groups in total. The van der Waals surface area contributed by atoms with E-state index in [1.807, 2.05) is 20.8 Å². The maximum absolute atomic E-state index is 10.3. The van der Waals surface area contributed by atoms with Crippen molar-refractivity contribution in [1.82, 2.24) is 0 Å². The van der Waals surface area contributed by atoms with Crippen molar-refractivity contribution in [3.8, 4) is 0 Å². The first-order valence-corrected chi connectivity index (χ1v) is 6.48. The second-order valence-electron chi connectivity index (χ2n) is 4.25. The lowest BCUT2D eigenvalue weighted by atomic mass is 9.96. The zero-order chi connectivity index (χ0) is 13.0. The van der Waals surface area contributed by atoms with Gasteiger partial charge in [0.15, 0.2) is 0 Å². The molecule has 17 heavy (non-hydrogen) atoms. The normalized spacial score (nSPS) is 15.0. The SMILES string of the molecule is CCOC(C(C)C)C(O)c1cccc(Cl)c1Cl. The van der Waals surface area contributed by atoms with Crippen LogP contribution in [0.2, 0.25) is 10.0 Å². The van der Waals surface area contributed by atoms with Crippen molar-refractivity contribution in [2.75, 3.05) is 6.61 Å². The monoisotopic (exact) mass is 276 g/mol. The first kappa shape index (κ1) is 14.8. The van der Waals surface area contributed by atoms with Crippen molar-refractivity contribution in [3.63, 3.8) is 0 Å². The quantitative estimate of drug-likeness (QED) is 0.878. The van der Waals surface area contributed by atoms with E-state index >= 15 is 0 Å². The third-order valence-corrected chi connectivity index (χ3v) is 3.46. The summed E-state index contributed by atoms with van der Waals surface area (Å²) in [6.07, 6.45) is -1.04. The predicted molar refractivity (Wildman–Crippen MR) is 71.7 cm³/mol. The highest BCUT2D eigenvalue weighted by Crippen LogP contribution is 2.33. The van der Waals surface area contributed by atoms with Crippen molar-refractivity contribution < 1.29 is 9.84 Å². The molecule has 1 rings (SSSR count). The highest BCUT2D eigenvalue weighted by atomic mass is 35.5. The van der Waals surface area contributed by atoms with Gasteiger partial charge in [-0.15, -0.1) is 0 Å². The summed E-state index contributed by atoms with van der Waals surface area (Å²) >= 11 is 12.0. The van der Waals surface area contributed by atoms with Crippen LogP contribution < -0.4 is 0 Å². The predicted octanol–water partition coefficient (Wildman–Crippen LogP) is 4.09. The molecule has 0 heterocycles. The Kier molecular flexibility index (Phi) is 5.74. The number of ether oxygens (including phenoxy) is 1. The highest BCUT2D eigenvalue weighted by Gasteiger charge is 2.26. The van der Waals surface area contributed by atoms with Gasteiger partial charge in [0, 0.05) is 12.2 Å². The fourth-order valence-corrected chi connectivity index (χ4v) is 2.19. The van der Waals surface area contributed by atoms with Gasteiger partial charge in [0.25, 0.3) is 0 Å². The molecule has 0 aromatic heterocycles. The van der Waals surface area contributed by atoms with Crippen molar-refractivity contribution in [3.05, 3.63) is 33.8 Å². The molecule has 2 unspecified atom stereocenters. The lowest BCUT2D eigenvalue weighted by Crippen LogP contribution is -2.28. The zero-order valence-corrected chi connectivity index (χ0v) is 11.8. The number of rotatable bonds is 5. The molecule has 1 aromatic rings. The molecule has 0 aliphatic carbocycles. The molecule has 2 nitrogen and oxygen atoms in total. The van der Waals surface area contributed by atoms with Crippen LogP contribution in [0.5, 0.6) is 0 Å². The number of halogens is 2. The first-order valence-electron chi connectivity index (χ1n) is 5.72. The van der Waals surface area contributed by atoms with Crippen molar-refractivity contribution >= 4 is 23.2 Å². The maximum Gasteiger partial charge on any atom is 0.107 e. The summed E-state index contributed by atoms with van der Waals surface area (Å²) in [5.74, 6) is 0.194. The van der Waals surface area contributed by atoms with Gasteiger partial charge in [-0.1, -0.05) is 49.2 Å². The van der Waals surface area contributed by atoms with Crippen LogP contribution in [-0.2, 0) is 4.74 Å². The molecular formula is C13H18Cl2O2. The Labute approximate surface area is 113 Å². The largest absolute Gasteiger partial charge is 0.386 e. The zero-order valence-electron chi connectivity index (χ0n) is 10.3. The second kappa shape index (κ2) is 6.60. The van der Waals surface area contributed by atoms with Gasteiger partial charge in [0.2, 0.25) is 0 Å². The smallest absolute Gasteiger partial charge is 0.107 e. The molecule has 4 heteroatoms. The molecule has 0 saturated carbocycles. The van der Waals surface area contributed by atoms with Crippen LogP contribution in [0.25, 0.3) is 0 Å². The summed E-state index contributed by atoms with van der Waals surface area (Å²) in [6.45, 7) is 6.46. The van der Waals surface area contributed by atoms with E-state index in [-0.39, 0.29) is 12.0 Å². The van der Waals surface area contributed by atoms with Crippen LogP contribution in [0, 0.1) is 5.92 Å². The molecule has 2 atom stereocenters. The molecule has 0 radical (unpaired) electrons. The van der Waals surface area contributed by atoms with Gasteiger partial charge in [0.05, 0.1) is 16.1 Å². The lowest BCUT2D eigenvalue weighted by Gasteiger charge is -2.27. The Hall–Kier alpha value is -0.280. The second-order valence-corrected chi connectivity index (χ2v) is 5.04. The fraction of sp³-hybridized carbons (Fsp3) is 0.538. The average Bonchev–Trinajstić information content (AvgIpc) is 2.28. The van der Waals surface area contributed by atoms with E-state index in [4.69, 9.17) is 27.9 Å². The summed E-state index contributed by atoms with van der Waals surface area (Å²) < 4.78 is 5.56. The van der Waals surface area contributed by atoms with Crippen LogP contribution in [0.4, 0.5) is 0 Å². The molecule has 0 aliphatic heterocycles. The topological polar surface area (TPSA) is 29.5 Å². The molecular weight excluding hydrogens is 259 g/mol. The number of aliphatic hydroxyl groups is 1. The number of benzene rings is 1. The van der Waals surface area contributed by atoms with Crippen LogP contribution in [0.3, 0.4) is 0 Å². The van der Waals surface area contributed by atoms with Gasteiger partial charge < -0.3 is 9.84 Å². The minimum Gasteiger partial charge on any atom is -0.386 e. The minimum absolute atomic E-state index is 0.194.